The molecule has 0 fully saturated rings. The highest BCUT2D eigenvalue weighted by Crippen LogP contribution is 2.15. The van der Waals surface area contributed by atoms with E-state index in [0.717, 1.165) is 18.2 Å². The molecule has 1 N–H and O–H groups in total. The maximum absolute atomic E-state index is 13.4. The summed E-state index contributed by atoms with van der Waals surface area (Å²) in [5.74, 6) is -4.00. The van der Waals surface area contributed by atoms with Gasteiger partial charge in [0.15, 0.2) is 17.7 Å². The molecule has 0 aromatic heterocycles. The number of amides is 1. The molecular formula is C22H23F2NO5. The fourth-order valence-corrected chi connectivity index (χ4v) is 2.65. The Kier molecular flexibility index (Phi) is 7.63. The monoisotopic (exact) mass is 419 g/mol. The van der Waals surface area contributed by atoms with Crippen LogP contribution >= 0.6 is 0 Å². The van der Waals surface area contributed by atoms with Crippen LogP contribution in [0.1, 0.15) is 41.5 Å². The van der Waals surface area contributed by atoms with Crippen molar-refractivity contribution < 1.29 is 32.6 Å². The Balaban J connectivity index is 2.07. The number of hydrogen-bond donors (Lipinski definition) is 1. The van der Waals surface area contributed by atoms with Gasteiger partial charge in [-0.05, 0) is 55.3 Å². The number of methoxy groups -OCH3 is 1. The average molecular weight is 419 g/mol. The zero-order valence-electron chi connectivity index (χ0n) is 17.1. The van der Waals surface area contributed by atoms with Crippen LogP contribution in [0.5, 0.6) is 5.75 Å². The topological polar surface area (TPSA) is 81.7 Å². The molecule has 2 aromatic carbocycles. The highest BCUT2D eigenvalue weighted by molar-refractivity contribution is 6.01. The van der Waals surface area contributed by atoms with Gasteiger partial charge in [0, 0.05) is 11.1 Å². The van der Waals surface area contributed by atoms with Gasteiger partial charge in [0.2, 0.25) is 5.78 Å². The molecule has 2 rings (SSSR count). The first-order chi connectivity index (χ1) is 14.1. The van der Waals surface area contributed by atoms with Gasteiger partial charge >= 0.3 is 5.97 Å². The standard InChI is InChI=1S/C22H23F2NO5/c1-12(2)19(25-21(27)14-5-8-16(29-4)9-6-14)22(28)30-13(3)20(26)15-7-10-17(23)18(24)11-15/h5-13,19H,1-4H3,(H,25,27)/t13?,19-/m0/s1. The molecule has 6 nitrogen and oxygen atoms in total. The summed E-state index contributed by atoms with van der Waals surface area (Å²) in [5, 5.41) is 2.60. The number of benzene rings is 2. The molecule has 0 spiro atoms. The highest BCUT2D eigenvalue weighted by atomic mass is 19.2. The molecule has 0 heterocycles. The van der Waals surface area contributed by atoms with E-state index in [1.165, 1.54) is 14.0 Å². The first-order valence-corrected chi connectivity index (χ1v) is 9.28. The fourth-order valence-electron chi connectivity index (χ4n) is 2.65. The van der Waals surface area contributed by atoms with E-state index in [-0.39, 0.29) is 11.5 Å². The van der Waals surface area contributed by atoms with Crippen molar-refractivity contribution >= 4 is 17.7 Å². The quantitative estimate of drug-likeness (QED) is 0.523. The summed E-state index contributed by atoms with van der Waals surface area (Å²) in [5.41, 5.74) is 0.192. The van der Waals surface area contributed by atoms with Crippen LogP contribution in [0.2, 0.25) is 0 Å². The minimum absolute atomic E-state index is 0.127. The molecule has 30 heavy (non-hydrogen) atoms. The lowest BCUT2D eigenvalue weighted by atomic mass is 10.0. The van der Waals surface area contributed by atoms with Gasteiger partial charge in [-0.2, -0.15) is 0 Å². The third kappa shape index (κ3) is 5.62. The lowest BCUT2D eigenvalue weighted by Gasteiger charge is -2.23. The second-order valence-electron chi connectivity index (χ2n) is 7.00. The smallest absolute Gasteiger partial charge is 0.329 e. The van der Waals surface area contributed by atoms with Gasteiger partial charge in [0.05, 0.1) is 7.11 Å². The molecule has 2 atom stereocenters. The average Bonchev–Trinajstić information content (AvgIpc) is 2.72. The Morgan fingerprint density at radius 1 is 0.900 bits per heavy atom. The number of carbonyl (C=O) groups is 3. The van der Waals surface area contributed by atoms with Gasteiger partial charge in [-0.25, -0.2) is 13.6 Å². The van der Waals surface area contributed by atoms with Crippen LogP contribution < -0.4 is 10.1 Å². The van der Waals surface area contributed by atoms with Crippen LogP contribution in [0, 0.1) is 17.6 Å². The van der Waals surface area contributed by atoms with Crippen molar-refractivity contribution in [2.24, 2.45) is 5.92 Å². The van der Waals surface area contributed by atoms with E-state index in [1.54, 1.807) is 38.1 Å². The predicted octanol–water partition coefficient (Wildman–Crippen LogP) is 3.54. The van der Waals surface area contributed by atoms with Crippen molar-refractivity contribution in [2.45, 2.75) is 32.9 Å². The Bertz CT molecular complexity index is 928. The highest BCUT2D eigenvalue weighted by Gasteiger charge is 2.29. The molecule has 0 bridgehead atoms. The fraction of sp³-hybridized carbons (Fsp3) is 0.318. The van der Waals surface area contributed by atoms with Crippen molar-refractivity contribution in [2.75, 3.05) is 7.11 Å². The van der Waals surface area contributed by atoms with Gasteiger partial charge in [-0.1, -0.05) is 13.8 Å². The molecule has 160 valence electrons. The van der Waals surface area contributed by atoms with Gasteiger partial charge in [-0.15, -0.1) is 0 Å². The number of carbonyl (C=O) groups excluding carboxylic acids is 3. The summed E-state index contributed by atoms with van der Waals surface area (Å²) < 4.78 is 36.6. The van der Waals surface area contributed by atoms with Gasteiger partial charge in [-0.3, -0.25) is 9.59 Å². The third-order valence-electron chi connectivity index (χ3n) is 4.43. The molecule has 0 saturated heterocycles. The number of halogens is 2. The summed E-state index contributed by atoms with van der Waals surface area (Å²) in [4.78, 5) is 37.4. The van der Waals surface area contributed by atoms with Crippen LogP contribution in [0.25, 0.3) is 0 Å². The second kappa shape index (κ2) is 9.96. The Morgan fingerprint density at radius 3 is 2.03 bits per heavy atom. The van der Waals surface area contributed by atoms with Crippen LogP contribution in [-0.4, -0.2) is 36.9 Å². The summed E-state index contributed by atoms with van der Waals surface area (Å²) in [6, 6.07) is 7.98. The first-order valence-electron chi connectivity index (χ1n) is 9.28. The second-order valence-corrected chi connectivity index (χ2v) is 7.00. The van der Waals surface area contributed by atoms with Crippen LogP contribution in [0.3, 0.4) is 0 Å². The molecule has 0 aliphatic heterocycles. The van der Waals surface area contributed by atoms with E-state index < -0.39 is 41.4 Å². The van der Waals surface area contributed by atoms with Crippen LogP contribution in [0.4, 0.5) is 8.78 Å². The van der Waals surface area contributed by atoms with Crippen LogP contribution in [0.15, 0.2) is 42.5 Å². The maximum atomic E-state index is 13.4. The molecule has 1 unspecified atom stereocenters. The molecule has 0 aliphatic rings. The molecule has 0 aliphatic carbocycles. The molecule has 8 heteroatoms. The Morgan fingerprint density at radius 2 is 1.50 bits per heavy atom. The molecule has 0 saturated carbocycles. The number of ketones is 1. The van der Waals surface area contributed by atoms with Crippen molar-refractivity contribution in [1.82, 2.24) is 5.32 Å². The summed E-state index contributed by atoms with van der Waals surface area (Å²) >= 11 is 0. The molecule has 2 aromatic rings. The number of nitrogens with one attached hydrogen (secondary N) is 1. The zero-order valence-corrected chi connectivity index (χ0v) is 17.1. The maximum Gasteiger partial charge on any atom is 0.329 e. The zero-order chi connectivity index (χ0) is 22.4. The van der Waals surface area contributed by atoms with Gasteiger partial charge in [0.1, 0.15) is 11.8 Å². The van der Waals surface area contributed by atoms with E-state index in [1.807, 2.05) is 0 Å². The minimum Gasteiger partial charge on any atom is -0.497 e. The van der Waals surface area contributed by atoms with Crippen molar-refractivity contribution in [3.05, 3.63) is 65.2 Å². The SMILES string of the molecule is COc1ccc(C(=O)N[C@H](C(=O)OC(C)C(=O)c2ccc(F)c(F)c2)C(C)C)cc1. The normalized spacial score (nSPS) is 12.8. The largest absolute Gasteiger partial charge is 0.497 e. The van der Waals surface area contributed by atoms with E-state index in [9.17, 15) is 23.2 Å². The molecular weight excluding hydrogens is 396 g/mol. The third-order valence-corrected chi connectivity index (χ3v) is 4.43. The molecule has 0 radical (unpaired) electrons. The van der Waals surface area contributed by atoms with E-state index in [0.29, 0.717) is 11.3 Å². The summed E-state index contributed by atoms with van der Waals surface area (Å²) in [6.45, 7) is 4.74. The number of hydrogen-bond acceptors (Lipinski definition) is 5. The van der Waals surface area contributed by atoms with E-state index >= 15 is 0 Å². The van der Waals surface area contributed by atoms with Crippen LogP contribution in [-0.2, 0) is 9.53 Å². The van der Waals surface area contributed by atoms with Crippen molar-refractivity contribution in [3.8, 4) is 5.75 Å². The summed E-state index contributed by atoms with van der Waals surface area (Å²) in [6.07, 6.45) is -1.25. The summed E-state index contributed by atoms with van der Waals surface area (Å²) in [7, 11) is 1.50. The number of Topliss-reactive ketones (excluding diaryl/α,β-unsaturated/α-hetero) is 1. The van der Waals surface area contributed by atoms with Crippen molar-refractivity contribution in [1.29, 1.82) is 0 Å². The van der Waals surface area contributed by atoms with Gasteiger partial charge < -0.3 is 14.8 Å². The molecule has 1 amide bonds. The van der Waals surface area contributed by atoms with E-state index in [4.69, 9.17) is 9.47 Å². The van der Waals surface area contributed by atoms with Crippen molar-refractivity contribution in [3.63, 3.8) is 0 Å². The minimum atomic E-state index is -1.25. The predicted molar refractivity (Wildman–Crippen MR) is 105 cm³/mol. The number of rotatable bonds is 8. The van der Waals surface area contributed by atoms with E-state index in [2.05, 4.69) is 5.32 Å². The Labute approximate surface area is 173 Å². The lowest BCUT2D eigenvalue weighted by molar-refractivity contribution is -0.149. The first kappa shape index (κ1) is 23.0. The number of esters is 1. The Hall–Kier alpha value is -3.29. The number of ether oxygens (including phenoxy) is 2. The van der Waals surface area contributed by atoms with Gasteiger partial charge in [0.25, 0.3) is 5.91 Å². The lowest BCUT2D eigenvalue weighted by Crippen LogP contribution is -2.46.